The number of likely N-dealkylation sites (tertiary alicyclic amines) is 1. The molecule has 1 fully saturated rings. The second-order valence-corrected chi connectivity index (χ2v) is 6.51. The van der Waals surface area contributed by atoms with Crippen LogP contribution in [0, 0.1) is 6.92 Å². The molecule has 23 heavy (non-hydrogen) atoms. The van der Waals surface area contributed by atoms with Gasteiger partial charge in [-0.15, -0.1) is 11.8 Å². The summed E-state index contributed by atoms with van der Waals surface area (Å²) in [6.07, 6.45) is 4.35. The Balaban J connectivity index is 1.48. The SMILES string of the molecule is Cc1cccc(O[C@@H]2CCN(C(=O)CSc3ccncc3)C2)n1. The van der Waals surface area contributed by atoms with E-state index in [0.29, 0.717) is 18.2 Å². The van der Waals surface area contributed by atoms with E-state index in [1.165, 1.54) is 11.8 Å². The van der Waals surface area contributed by atoms with Crippen LogP contribution in [0.2, 0.25) is 0 Å². The normalized spacial score (nSPS) is 17.3. The van der Waals surface area contributed by atoms with Crippen LogP contribution in [0.4, 0.5) is 0 Å². The average molecular weight is 329 g/mol. The molecule has 5 nitrogen and oxygen atoms in total. The van der Waals surface area contributed by atoms with Gasteiger partial charge in [-0.05, 0) is 25.1 Å². The van der Waals surface area contributed by atoms with E-state index in [4.69, 9.17) is 4.74 Å². The Hall–Kier alpha value is -2.08. The van der Waals surface area contributed by atoms with Crippen LogP contribution in [0.25, 0.3) is 0 Å². The third kappa shape index (κ3) is 4.45. The molecule has 3 heterocycles. The monoisotopic (exact) mass is 329 g/mol. The molecule has 1 aliphatic heterocycles. The van der Waals surface area contributed by atoms with Crippen molar-refractivity contribution < 1.29 is 9.53 Å². The number of pyridine rings is 2. The van der Waals surface area contributed by atoms with Crippen LogP contribution in [0.5, 0.6) is 5.88 Å². The van der Waals surface area contributed by atoms with Gasteiger partial charge in [-0.1, -0.05) is 6.07 Å². The van der Waals surface area contributed by atoms with Crippen molar-refractivity contribution in [1.29, 1.82) is 0 Å². The molecule has 1 saturated heterocycles. The molecule has 1 atom stereocenters. The van der Waals surface area contributed by atoms with E-state index in [-0.39, 0.29) is 12.0 Å². The van der Waals surface area contributed by atoms with E-state index in [2.05, 4.69) is 9.97 Å². The summed E-state index contributed by atoms with van der Waals surface area (Å²) in [7, 11) is 0. The number of carbonyl (C=O) groups is 1. The number of thioether (sulfide) groups is 1. The Morgan fingerprint density at radius 2 is 2.17 bits per heavy atom. The van der Waals surface area contributed by atoms with E-state index >= 15 is 0 Å². The topological polar surface area (TPSA) is 55.3 Å². The summed E-state index contributed by atoms with van der Waals surface area (Å²) in [5, 5.41) is 0. The number of aromatic nitrogens is 2. The van der Waals surface area contributed by atoms with Gasteiger partial charge in [0.2, 0.25) is 11.8 Å². The van der Waals surface area contributed by atoms with Gasteiger partial charge < -0.3 is 9.64 Å². The highest BCUT2D eigenvalue weighted by atomic mass is 32.2. The second-order valence-electron chi connectivity index (χ2n) is 5.46. The van der Waals surface area contributed by atoms with Crippen molar-refractivity contribution in [2.75, 3.05) is 18.8 Å². The van der Waals surface area contributed by atoms with E-state index in [0.717, 1.165) is 23.6 Å². The summed E-state index contributed by atoms with van der Waals surface area (Å²) in [5.41, 5.74) is 0.933. The molecule has 2 aromatic rings. The van der Waals surface area contributed by atoms with Crippen LogP contribution in [0.15, 0.2) is 47.6 Å². The lowest BCUT2D eigenvalue weighted by Gasteiger charge is -2.17. The van der Waals surface area contributed by atoms with E-state index in [1.807, 2.05) is 42.2 Å². The van der Waals surface area contributed by atoms with Gasteiger partial charge in [-0.2, -0.15) is 0 Å². The molecule has 120 valence electrons. The summed E-state index contributed by atoms with van der Waals surface area (Å²) in [5.74, 6) is 1.23. The summed E-state index contributed by atoms with van der Waals surface area (Å²) in [6, 6.07) is 9.56. The van der Waals surface area contributed by atoms with E-state index in [9.17, 15) is 4.79 Å². The smallest absolute Gasteiger partial charge is 0.233 e. The Bertz CT molecular complexity index is 666. The van der Waals surface area contributed by atoms with Crippen molar-refractivity contribution in [3.05, 3.63) is 48.4 Å². The Kier molecular flexibility index (Phi) is 5.12. The predicted molar refractivity (Wildman–Crippen MR) is 89.5 cm³/mol. The Labute approximate surface area is 140 Å². The lowest BCUT2D eigenvalue weighted by molar-refractivity contribution is -0.127. The molecule has 1 amide bonds. The maximum Gasteiger partial charge on any atom is 0.233 e. The van der Waals surface area contributed by atoms with Crippen molar-refractivity contribution in [1.82, 2.24) is 14.9 Å². The number of hydrogen-bond donors (Lipinski definition) is 0. The molecule has 1 aliphatic rings. The molecule has 0 aromatic carbocycles. The van der Waals surface area contributed by atoms with Gasteiger partial charge in [-0.3, -0.25) is 9.78 Å². The number of hydrogen-bond acceptors (Lipinski definition) is 5. The molecule has 6 heteroatoms. The first-order chi connectivity index (χ1) is 11.2. The van der Waals surface area contributed by atoms with Gasteiger partial charge in [0.15, 0.2) is 0 Å². The first-order valence-corrected chi connectivity index (χ1v) is 8.60. The number of carbonyl (C=O) groups excluding carboxylic acids is 1. The number of amides is 1. The first kappa shape index (κ1) is 15.8. The summed E-state index contributed by atoms with van der Waals surface area (Å²) in [6.45, 7) is 3.31. The fourth-order valence-electron chi connectivity index (χ4n) is 2.48. The molecule has 0 spiro atoms. The van der Waals surface area contributed by atoms with E-state index < -0.39 is 0 Å². The van der Waals surface area contributed by atoms with Crippen LogP contribution >= 0.6 is 11.8 Å². The summed E-state index contributed by atoms with van der Waals surface area (Å²) >= 11 is 1.54. The summed E-state index contributed by atoms with van der Waals surface area (Å²) in [4.78, 5) is 23.5. The van der Waals surface area contributed by atoms with Gasteiger partial charge in [0.1, 0.15) is 6.10 Å². The third-order valence-corrected chi connectivity index (χ3v) is 4.66. The van der Waals surface area contributed by atoms with Crippen molar-refractivity contribution in [2.24, 2.45) is 0 Å². The predicted octanol–water partition coefficient (Wildman–Crippen LogP) is 2.56. The number of nitrogens with zero attached hydrogens (tertiary/aromatic N) is 3. The fourth-order valence-corrected chi connectivity index (χ4v) is 3.26. The lowest BCUT2D eigenvalue weighted by atomic mass is 10.3. The zero-order valence-electron chi connectivity index (χ0n) is 13.0. The molecule has 0 saturated carbocycles. The molecular weight excluding hydrogens is 310 g/mol. The highest BCUT2D eigenvalue weighted by Gasteiger charge is 2.27. The van der Waals surface area contributed by atoms with Gasteiger partial charge in [-0.25, -0.2) is 4.98 Å². The molecule has 0 N–H and O–H groups in total. The van der Waals surface area contributed by atoms with Gasteiger partial charge in [0.05, 0.1) is 12.3 Å². The van der Waals surface area contributed by atoms with Crippen LogP contribution in [-0.4, -0.2) is 45.7 Å². The van der Waals surface area contributed by atoms with Gasteiger partial charge in [0, 0.05) is 42.0 Å². The zero-order chi connectivity index (χ0) is 16.1. The minimum Gasteiger partial charge on any atom is -0.472 e. The van der Waals surface area contributed by atoms with Crippen molar-refractivity contribution in [3.8, 4) is 5.88 Å². The zero-order valence-corrected chi connectivity index (χ0v) is 13.8. The highest BCUT2D eigenvalue weighted by Crippen LogP contribution is 2.20. The molecule has 0 aliphatic carbocycles. The molecule has 2 aromatic heterocycles. The molecule has 0 unspecified atom stereocenters. The minimum atomic E-state index is 0.0270. The maximum atomic E-state index is 12.3. The highest BCUT2D eigenvalue weighted by molar-refractivity contribution is 8.00. The maximum absolute atomic E-state index is 12.3. The van der Waals surface area contributed by atoms with Crippen LogP contribution in [0.1, 0.15) is 12.1 Å². The van der Waals surface area contributed by atoms with E-state index in [1.54, 1.807) is 12.4 Å². The number of aryl methyl sites for hydroxylation is 1. The Morgan fingerprint density at radius 3 is 2.96 bits per heavy atom. The minimum absolute atomic E-state index is 0.0270. The fraction of sp³-hybridized carbons (Fsp3) is 0.353. The van der Waals surface area contributed by atoms with Gasteiger partial charge in [0.25, 0.3) is 0 Å². The Morgan fingerprint density at radius 1 is 1.35 bits per heavy atom. The van der Waals surface area contributed by atoms with Crippen molar-refractivity contribution >= 4 is 17.7 Å². The van der Waals surface area contributed by atoms with Crippen LogP contribution in [-0.2, 0) is 4.79 Å². The molecule has 3 rings (SSSR count). The lowest BCUT2D eigenvalue weighted by Crippen LogP contribution is -2.32. The molecule has 0 bridgehead atoms. The number of ether oxygens (including phenoxy) is 1. The van der Waals surface area contributed by atoms with Crippen LogP contribution in [0.3, 0.4) is 0 Å². The number of rotatable bonds is 5. The van der Waals surface area contributed by atoms with Crippen molar-refractivity contribution in [3.63, 3.8) is 0 Å². The quantitative estimate of drug-likeness (QED) is 0.789. The average Bonchev–Trinajstić information content (AvgIpc) is 3.02. The summed E-state index contributed by atoms with van der Waals surface area (Å²) < 4.78 is 5.88. The van der Waals surface area contributed by atoms with Crippen molar-refractivity contribution in [2.45, 2.75) is 24.3 Å². The van der Waals surface area contributed by atoms with Crippen LogP contribution < -0.4 is 4.74 Å². The largest absolute Gasteiger partial charge is 0.472 e. The standard InChI is InChI=1S/C17H19N3O2S/c1-13-3-2-4-16(19-13)22-14-7-10-20(11-14)17(21)12-23-15-5-8-18-9-6-15/h2-6,8-9,14H,7,10-12H2,1H3/t14-/m1/s1. The second kappa shape index (κ2) is 7.46. The first-order valence-electron chi connectivity index (χ1n) is 7.61. The molecular formula is C17H19N3O2S. The molecule has 0 radical (unpaired) electrons. The van der Waals surface area contributed by atoms with Gasteiger partial charge >= 0.3 is 0 Å². The third-order valence-electron chi connectivity index (χ3n) is 3.66.